The fraction of sp³-hybridized carbons (Fsp3) is 0.150. The van der Waals surface area contributed by atoms with Crippen LogP contribution in [0.3, 0.4) is 0 Å². The van der Waals surface area contributed by atoms with Crippen LogP contribution in [0.15, 0.2) is 71.5 Å². The molecule has 0 fully saturated rings. The first-order chi connectivity index (χ1) is 13.7. The molecule has 140 valence electrons. The van der Waals surface area contributed by atoms with Gasteiger partial charge in [0.2, 0.25) is 0 Å². The third-order valence-electron chi connectivity index (χ3n) is 4.24. The van der Waals surface area contributed by atoms with Crippen molar-refractivity contribution >= 4 is 5.91 Å². The maximum Gasteiger partial charge on any atom is 0.254 e. The van der Waals surface area contributed by atoms with Crippen LogP contribution in [-0.4, -0.2) is 36.0 Å². The third kappa shape index (κ3) is 3.96. The van der Waals surface area contributed by atoms with Gasteiger partial charge in [-0.1, -0.05) is 6.07 Å². The van der Waals surface area contributed by atoms with Crippen LogP contribution in [0.2, 0.25) is 0 Å². The summed E-state index contributed by atoms with van der Waals surface area (Å²) >= 11 is 0. The van der Waals surface area contributed by atoms with Crippen molar-refractivity contribution in [3.8, 4) is 5.69 Å². The number of tetrazole rings is 1. The summed E-state index contributed by atoms with van der Waals surface area (Å²) < 4.78 is 7.20. The number of furan rings is 1. The molecule has 0 unspecified atom stereocenters. The Hall–Kier alpha value is -3.81. The number of rotatable bonds is 6. The predicted octanol–water partition coefficient (Wildman–Crippen LogP) is 2.80. The number of benzene rings is 1. The molecule has 0 saturated heterocycles. The van der Waals surface area contributed by atoms with E-state index in [9.17, 15) is 4.79 Å². The number of aromatic nitrogens is 5. The average molecular weight is 374 g/mol. The maximum atomic E-state index is 13.2. The summed E-state index contributed by atoms with van der Waals surface area (Å²) in [6, 6.07) is 16.6. The molecule has 1 amide bonds. The van der Waals surface area contributed by atoms with Crippen LogP contribution >= 0.6 is 0 Å². The van der Waals surface area contributed by atoms with E-state index in [2.05, 4.69) is 20.5 Å². The zero-order chi connectivity index (χ0) is 19.3. The van der Waals surface area contributed by atoms with Crippen molar-refractivity contribution in [1.82, 2.24) is 30.1 Å². The van der Waals surface area contributed by atoms with Gasteiger partial charge in [0.05, 0.1) is 24.5 Å². The number of carbonyl (C=O) groups excluding carboxylic acids is 1. The van der Waals surface area contributed by atoms with E-state index in [4.69, 9.17) is 4.42 Å². The minimum Gasteiger partial charge on any atom is -0.464 e. The first kappa shape index (κ1) is 17.6. The minimum absolute atomic E-state index is 0.108. The Balaban J connectivity index is 1.58. The molecule has 0 bridgehead atoms. The zero-order valence-electron chi connectivity index (χ0n) is 15.3. The molecule has 3 aromatic heterocycles. The number of amides is 1. The van der Waals surface area contributed by atoms with Crippen LogP contribution in [0.4, 0.5) is 0 Å². The third-order valence-corrected chi connectivity index (χ3v) is 4.24. The second-order valence-electron chi connectivity index (χ2n) is 6.30. The lowest BCUT2D eigenvalue weighted by molar-refractivity contribution is 0.0715. The second-order valence-corrected chi connectivity index (χ2v) is 6.30. The van der Waals surface area contributed by atoms with E-state index < -0.39 is 0 Å². The molecule has 28 heavy (non-hydrogen) atoms. The van der Waals surface area contributed by atoms with Crippen LogP contribution in [-0.2, 0) is 13.1 Å². The van der Waals surface area contributed by atoms with E-state index in [1.54, 1.807) is 35.4 Å². The molecule has 4 aromatic rings. The smallest absolute Gasteiger partial charge is 0.254 e. The van der Waals surface area contributed by atoms with Gasteiger partial charge in [-0.3, -0.25) is 9.78 Å². The number of aryl methyl sites for hydroxylation is 1. The van der Waals surface area contributed by atoms with Crippen molar-refractivity contribution < 1.29 is 9.21 Å². The average Bonchev–Trinajstić information content (AvgIpc) is 3.40. The van der Waals surface area contributed by atoms with Gasteiger partial charge in [-0.25, -0.2) is 4.68 Å². The Morgan fingerprint density at radius 1 is 1.07 bits per heavy atom. The lowest BCUT2D eigenvalue weighted by Crippen LogP contribution is -2.30. The van der Waals surface area contributed by atoms with Gasteiger partial charge < -0.3 is 9.32 Å². The van der Waals surface area contributed by atoms with E-state index in [0.29, 0.717) is 18.7 Å². The summed E-state index contributed by atoms with van der Waals surface area (Å²) in [4.78, 5) is 19.2. The summed E-state index contributed by atoms with van der Waals surface area (Å²) in [5, 5.41) is 11.1. The molecule has 4 rings (SSSR count). The van der Waals surface area contributed by atoms with Gasteiger partial charge in [-0.2, -0.15) is 0 Å². The van der Waals surface area contributed by atoms with E-state index in [1.165, 1.54) is 11.0 Å². The Morgan fingerprint density at radius 3 is 2.57 bits per heavy atom. The Labute approximate surface area is 161 Å². The SMILES string of the molecule is Cc1ccc(CN(Cc2ccccn2)C(=O)c2ccc(-n3cnnn3)cc2)o1. The van der Waals surface area contributed by atoms with E-state index in [0.717, 1.165) is 22.9 Å². The highest BCUT2D eigenvalue weighted by Crippen LogP contribution is 2.16. The van der Waals surface area contributed by atoms with Gasteiger partial charge in [0.1, 0.15) is 17.8 Å². The Morgan fingerprint density at radius 2 is 1.93 bits per heavy atom. The first-order valence-electron chi connectivity index (χ1n) is 8.77. The highest BCUT2D eigenvalue weighted by molar-refractivity contribution is 5.94. The molecule has 0 saturated carbocycles. The zero-order valence-corrected chi connectivity index (χ0v) is 15.3. The first-order valence-corrected chi connectivity index (χ1v) is 8.77. The van der Waals surface area contributed by atoms with Crippen molar-refractivity contribution in [3.05, 3.63) is 89.9 Å². The van der Waals surface area contributed by atoms with Gasteiger partial charge >= 0.3 is 0 Å². The molecule has 0 N–H and O–H groups in total. The molecule has 0 radical (unpaired) electrons. The monoisotopic (exact) mass is 374 g/mol. The lowest BCUT2D eigenvalue weighted by Gasteiger charge is -2.21. The molecule has 0 aliphatic rings. The van der Waals surface area contributed by atoms with Gasteiger partial charge in [0.15, 0.2) is 0 Å². The Kier molecular flexibility index (Phi) is 4.92. The molecular formula is C20H18N6O2. The Bertz CT molecular complexity index is 1040. The number of hydrogen-bond donors (Lipinski definition) is 0. The molecule has 0 aliphatic carbocycles. The molecular weight excluding hydrogens is 356 g/mol. The predicted molar refractivity (Wildman–Crippen MR) is 100 cm³/mol. The van der Waals surface area contributed by atoms with Crippen LogP contribution in [0.5, 0.6) is 0 Å². The van der Waals surface area contributed by atoms with Gasteiger partial charge in [0.25, 0.3) is 5.91 Å². The van der Waals surface area contributed by atoms with Crippen molar-refractivity contribution in [2.24, 2.45) is 0 Å². The fourth-order valence-electron chi connectivity index (χ4n) is 2.86. The van der Waals surface area contributed by atoms with Crippen LogP contribution in [0, 0.1) is 6.92 Å². The highest BCUT2D eigenvalue weighted by atomic mass is 16.3. The minimum atomic E-state index is -0.108. The van der Waals surface area contributed by atoms with Gasteiger partial charge in [-0.15, -0.1) is 5.10 Å². The molecule has 8 heteroatoms. The van der Waals surface area contributed by atoms with Crippen LogP contribution in [0.1, 0.15) is 27.6 Å². The molecule has 0 spiro atoms. The van der Waals surface area contributed by atoms with E-state index in [1.807, 2.05) is 37.3 Å². The highest BCUT2D eigenvalue weighted by Gasteiger charge is 2.19. The standard InChI is InChI=1S/C20H18N6O2/c1-15-5-10-19(28-15)13-25(12-17-4-2-3-11-21-17)20(27)16-6-8-18(9-7-16)26-14-22-23-24-26/h2-11,14H,12-13H2,1H3. The summed E-state index contributed by atoms with van der Waals surface area (Å²) in [5.74, 6) is 1.43. The van der Waals surface area contributed by atoms with Crippen molar-refractivity contribution in [3.63, 3.8) is 0 Å². The lowest BCUT2D eigenvalue weighted by atomic mass is 10.1. The van der Waals surface area contributed by atoms with Crippen LogP contribution < -0.4 is 0 Å². The van der Waals surface area contributed by atoms with Crippen molar-refractivity contribution in [1.29, 1.82) is 0 Å². The summed E-state index contributed by atoms with van der Waals surface area (Å²) in [7, 11) is 0. The molecule has 3 heterocycles. The fourth-order valence-corrected chi connectivity index (χ4v) is 2.86. The van der Waals surface area contributed by atoms with E-state index >= 15 is 0 Å². The quantitative estimate of drug-likeness (QED) is 0.515. The second kappa shape index (κ2) is 7.83. The molecule has 0 aliphatic heterocycles. The topological polar surface area (TPSA) is 89.9 Å². The molecule has 1 aromatic carbocycles. The normalized spacial score (nSPS) is 10.8. The molecule has 0 atom stereocenters. The van der Waals surface area contributed by atoms with Crippen LogP contribution in [0.25, 0.3) is 5.69 Å². The summed E-state index contributed by atoms with van der Waals surface area (Å²) in [6.45, 7) is 2.62. The largest absolute Gasteiger partial charge is 0.464 e. The summed E-state index contributed by atoms with van der Waals surface area (Å²) in [6.07, 6.45) is 3.22. The number of nitrogens with zero attached hydrogens (tertiary/aromatic N) is 6. The van der Waals surface area contributed by atoms with E-state index in [-0.39, 0.29) is 5.91 Å². The van der Waals surface area contributed by atoms with Gasteiger partial charge in [-0.05, 0) is 65.9 Å². The molecule has 8 nitrogen and oxygen atoms in total. The summed E-state index contributed by atoms with van der Waals surface area (Å²) in [5.41, 5.74) is 2.15. The van der Waals surface area contributed by atoms with Crippen molar-refractivity contribution in [2.45, 2.75) is 20.0 Å². The maximum absolute atomic E-state index is 13.2. The van der Waals surface area contributed by atoms with Crippen molar-refractivity contribution in [2.75, 3.05) is 0 Å². The number of carbonyl (C=O) groups is 1. The number of pyridine rings is 1. The van der Waals surface area contributed by atoms with Gasteiger partial charge in [0, 0.05) is 11.8 Å². The number of hydrogen-bond acceptors (Lipinski definition) is 6.